The van der Waals surface area contributed by atoms with Gasteiger partial charge in [0.2, 0.25) is 5.82 Å². The van der Waals surface area contributed by atoms with E-state index in [1.807, 2.05) is 13.8 Å². The predicted octanol–water partition coefficient (Wildman–Crippen LogP) is 1.89. The van der Waals surface area contributed by atoms with Crippen molar-refractivity contribution in [3.63, 3.8) is 0 Å². The SMILES string of the molecule is Cc1cnc(C(=O)NC23CCCC(NC(=O)c4nccc(C)n4)(CC2)C3)cn1. The molecule has 2 N–H and O–H groups in total. The number of nitrogens with one attached hydrogen (secondary N) is 2. The number of aryl methyl sites for hydroxylation is 2. The van der Waals surface area contributed by atoms with Gasteiger partial charge in [-0.25, -0.2) is 15.0 Å². The Bertz CT molecular complexity index is 915. The Kier molecular flexibility index (Phi) is 4.56. The molecule has 2 aliphatic carbocycles. The fourth-order valence-corrected chi connectivity index (χ4v) is 4.50. The van der Waals surface area contributed by atoms with Gasteiger partial charge in [0.05, 0.1) is 11.9 Å². The normalized spacial score (nSPS) is 25.9. The van der Waals surface area contributed by atoms with Gasteiger partial charge in [0.15, 0.2) is 0 Å². The Morgan fingerprint density at radius 1 is 0.893 bits per heavy atom. The van der Waals surface area contributed by atoms with Gasteiger partial charge in [0.25, 0.3) is 11.8 Å². The maximum atomic E-state index is 12.7. The van der Waals surface area contributed by atoms with E-state index < -0.39 is 0 Å². The van der Waals surface area contributed by atoms with Gasteiger partial charge in [-0.3, -0.25) is 14.6 Å². The fourth-order valence-electron chi connectivity index (χ4n) is 4.50. The van der Waals surface area contributed by atoms with E-state index >= 15 is 0 Å². The molecule has 2 aromatic rings. The summed E-state index contributed by atoms with van der Waals surface area (Å²) in [4.78, 5) is 42.0. The average molecular weight is 380 g/mol. The van der Waals surface area contributed by atoms with Crippen molar-refractivity contribution in [1.29, 1.82) is 0 Å². The van der Waals surface area contributed by atoms with Crippen LogP contribution in [0, 0.1) is 13.8 Å². The highest BCUT2D eigenvalue weighted by atomic mass is 16.2. The second kappa shape index (κ2) is 6.92. The minimum atomic E-state index is -0.325. The van der Waals surface area contributed by atoms with E-state index in [2.05, 4.69) is 30.6 Å². The molecule has 0 saturated heterocycles. The molecule has 0 aliphatic heterocycles. The smallest absolute Gasteiger partial charge is 0.289 e. The van der Waals surface area contributed by atoms with Crippen LogP contribution in [0.5, 0.6) is 0 Å². The molecule has 2 unspecified atom stereocenters. The molecular weight excluding hydrogens is 356 g/mol. The fraction of sp³-hybridized carbons (Fsp3) is 0.500. The van der Waals surface area contributed by atoms with Crippen LogP contribution in [0.15, 0.2) is 24.7 Å². The van der Waals surface area contributed by atoms with E-state index in [4.69, 9.17) is 0 Å². The van der Waals surface area contributed by atoms with Gasteiger partial charge in [-0.2, -0.15) is 0 Å². The molecule has 4 rings (SSSR count). The van der Waals surface area contributed by atoms with Crippen molar-refractivity contribution < 1.29 is 9.59 Å². The van der Waals surface area contributed by atoms with Crippen LogP contribution in [-0.4, -0.2) is 42.8 Å². The third-order valence-corrected chi connectivity index (χ3v) is 5.84. The minimum Gasteiger partial charge on any atom is -0.345 e. The third kappa shape index (κ3) is 3.58. The van der Waals surface area contributed by atoms with Gasteiger partial charge in [-0.05, 0) is 58.4 Å². The first-order chi connectivity index (χ1) is 13.4. The number of nitrogens with zero attached hydrogens (tertiary/aromatic N) is 4. The minimum absolute atomic E-state index is 0.191. The van der Waals surface area contributed by atoms with E-state index in [0.29, 0.717) is 12.1 Å². The first-order valence-electron chi connectivity index (χ1n) is 9.62. The van der Waals surface area contributed by atoms with Gasteiger partial charge in [0, 0.05) is 29.2 Å². The standard InChI is InChI=1S/C20H24N6O2/c1-13-4-9-21-16(24-13)18(28)26-20-6-3-5-19(12-20,7-8-20)25-17(27)15-11-22-14(2)10-23-15/h4,9-11H,3,5-8,12H2,1-2H3,(H,25,27)(H,26,28). The number of hydrogen-bond acceptors (Lipinski definition) is 6. The van der Waals surface area contributed by atoms with Crippen molar-refractivity contribution in [3.8, 4) is 0 Å². The Labute approximate surface area is 163 Å². The van der Waals surface area contributed by atoms with Gasteiger partial charge in [-0.15, -0.1) is 0 Å². The van der Waals surface area contributed by atoms with Crippen LogP contribution in [0.1, 0.15) is 71.0 Å². The molecule has 8 nitrogen and oxygen atoms in total. The van der Waals surface area contributed by atoms with Crippen LogP contribution >= 0.6 is 0 Å². The van der Waals surface area contributed by atoms with Crippen LogP contribution in [0.2, 0.25) is 0 Å². The summed E-state index contributed by atoms with van der Waals surface area (Å²) in [6, 6.07) is 1.76. The number of aromatic nitrogens is 4. The van der Waals surface area contributed by atoms with Crippen LogP contribution < -0.4 is 10.6 Å². The van der Waals surface area contributed by atoms with Crippen molar-refractivity contribution in [2.45, 2.75) is 63.5 Å². The average Bonchev–Trinajstić information content (AvgIpc) is 2.92. The zero-order valence-corrected chi connectivity index (χ0v) is 16.2. The quantitative estimate of drug-likeness (QED) is 0.838. The summed E-state index contributed by atoms with van der Waals surface area (Å²) in [5, 5.41) is 6.35. The largest absolute Gasteiger partial charge is 0.345 e. The van der Waals surface area contributed by atoms with E-state index in [9.17, 15) is 9.59 Å². The Morgan fingerprint density at radius 3 is 2.25 bits per heavy atom. The van der Waals surface area contributed by atoms with Crippen molar-refractivity contribution in [3.05, 3.63) is 47.6 Å². The number of amides is 2. The van der Waals surface area contributed by atoms with Crippen molar-refractivity contribution >= 4 is 11.8 Å². The van der Waals surface area contributed by atoms with E-state index in [0.717, 1.165) is 43.5 Å². The lowest BCUT2D eigenvalue weighted by Crippen LogP contribution is -2.55. The van der Waals surface area contributed by atoms with Crippen molar-refractivity contribution in [2.75, 3.05) is 0 Å². The Morgan fingerprint density at radius 2 is 1.61 bits per heavy atom. The molecule has 2 amide bonds. The predicted molar refractivity (Wildman–Crippen MR) is 102 cm³/mol. The van der Waals surface area contributed by atoms with Crippen LogP contribution in [-0.2, 0) is 0 Å². The zero-order valence-electron chi connectivity index (χ0n) is 16.2. The molecule has 0 radical (unpaired) electrons. The van der Waals surface area contributed by atoms with E-state index in [-0.39, 0.29) is 28.7 Å². The number of hydrogen-bond donors (Lipinski definition) is 2. The molecule has 2 atom stereocenters. The summed E-state index contributed by atoms with van der Waals surface area (Å²) in [5.41, 5.74) is 1.21. The number of carbonyl (C=O) groups is 2. The second-order valence-corrected chi connectivity index (χ2v) is 8.06. The van der Waals surface area contributed by atoms with Crippen LogP contribution in [0.25, 0.3) is 0 Å². The van der Waals surface area contributed by atoms with E-state index in [1.54, 1.807) is 18.5 Å². The highest BCUT2D eigenvalue weighted by molar-refractivity contribution is 5.93. The lowest BCUT2D eigenvalue weighted by molar-refractivity contribution is 0.0823. The molecule has 2 fully saturated rings. The molecule has 2 aromatic heterocycles. The number of fused-ring (bicyclic) bond motifs is 2. The lowest BCUT2D eigenvalue weighted by atomic mass is 9.78. The molecule has 146 valence electrons. The molecule has 2 bridgehead atoms. The molecule has 2 aliphatic rings. The van der Waals surface area contributed by atoms with Crippen molar-refractivity contribution in [1.82, 2.24) is 30.6 Å². The highest BCUT2D eigenvalue weighted by Gasteiger charge is 2.52. The molecule has 0 aromatic carbocycles. The summed E-state index contributed by atoms with van der Waals surface area (Å²) >= 11 is 0. The summed E-state index contributed by atoms with van der Waals surface area (Å²) in [6.07, 6.45) is 9.78. The summed E-state index contributed by atoms with van der Waals surface area (Å²) < 4.78 is 0. The maximum absolute atomic E-state index is 12.7. The molecular formula is C20H24N6O2. The topological polar surface area (TPSA) is 110 Å². The van der Waals surface area contributed by atoms with Gasteiger partial charge >= 0.3 is 0 Å². The van der Waals surface area contributed by atoms with Gasteiger partial charge in [-0.1, -0.05) is 0 Å². The summed E-state index contributed by atoms with van der Waals surface area (Å²) in [5.74, 6) is -0.271. The monoisotopic (exact) mass is 380 g/mol. The highest BCUT2D eigenvalue weighted by Crippen LogP contribution is 2.48. The van der Waals surface area contributed by atoms with Crippen LogP contribution in [0.3, 0.4) is 0 Å². The Balaban J connectivity index is 1.47. The molecule has 2 saturated carbocycles. The van der Waals surface area contributed by atoms with E-state index in [1.165, 1.54) is 6.20 Å². The first-order valence-corrected chi connectivity index (χ1v) is 9.62. The summed E-state index contributed by atoms with van der Waals surface area (Å²) in [7, 11) is 0. The third-order valence-electron chi connectivity index (χ3n) is 5.84. The molecule has 2 heterocycles. The van der Waals surface area contributed by atoms with Gasteiger partial charge in [0.1, 0.15) is 5.69 Å². The number of rotatable bonds is 4. The lowest BCUT2D eigenvalue weighted by Gasteiger charge is -2.40. The summed E-state index contributed by atoms with van der Waals surface area (Å²) in [6.45, 7) is 3.67. The molecule has 8 heteroatoms. The van der Waals surface area contributed by atoms with Crippen molar-refractivity contribution in [2.24, 2.45) is 0 Å². The maximum Gasteiger partial charge on any atom is 0.289 e. The second-order valence-electron chi connectivity index (χ2n) is 8.06. The number of carbonyl (C=O) groups excluding carboxylic acids is 2. The molecule has 28 heavy (non-hydrogen) atoms. The zero-order chi connectivity index (χ0) is 19.8. The van der Waals surface area contributed by atoms with Crippen LogP contribution in [0.4, 0.5) is 0 Å². The van der Waals surface area contributed by atoms with Gasteiger partial charge < -0.3 is 10.6 Å². The molecule has 0 spiro atoms. The first kappa shape index (κ1) is 18.5. The Hall–Kier alpha value is -2.90.